The Balaban J connectivity index is 1.93. The van der Waals surface area contributed by atoms with Gasteiger partial charge in [0.05, 0.1) is 12.3 Å². The van der Waals surface area contributed by atoms with Crippen LogP contribution in [0.5, 0.6) is 0 Å². The molecule has 146 valence electrons. The van der Waals surface area contributed by atoms with Gasteiger partial charge >= 0.3 is 6.09 Å². The molecule has 3 rings (SSSR count). The summed E-state index contributed by atoms with van der Waals surface area (Å²) in [6.07, 6.45) is -0.422. The smallest absolute Gasteiger partial charge is 0.426 e. The van der Waals surface area contributed by atoms with E-state index in [2.05, 4.69) is 55.4 Å². The molecule has 5 heteroatoms. The van der Waals surface area contributed by atoms with Crippen molar-refractivity contribution in [3.8, 4) is 22.4 Å². The van der Waals surface area contributed by atoms with Crippen molar-refractivity contribution >= 4 is 14.2 Å². The summed E-state index contributed by atoms with van der Waals surface area (Å²) in [5.74, 6) is 0. The van der Waals surface area contributed by atoms with Gasteiger partial charge in [0.2, 0.25) is 0 Å². The summed E-state index contributed by atoms with van der Waals surface area (Å²) >= 11 is 0. The predicted molar refractivity (Wildman–Crippen MR) is 119 cm³/mol. The van der Waals surface area contributed by atoms with Crippen molar-refractivity contribution in [2.45, 2.75) is 32.6 Å². The summed E-state index contributed by atoms with van der Waals surface area (Å²) in [5.41, 5.74) is 8.04. The molecule has 1 heterocycles. The molecular formula is C23H28N2O2Si. The van der Waals surface area contributed by atoms with Crippen molar-refractivity contribution in [3.05, 3.63) is 72.4 Å². The molecule has 0 radical (unpaired) electrons. The molecule has 1 aromatic heterocycles. The first-order chi connectivity index (χ1) is 13.3. The number of carbonyl (C=O) groups excluding carboxylic acids is 1. The highest BCUT2D eigenvalue weighted by Crippen LogP contribution is 2.34. The third kappa shape index (κ3) is 4.92. The SMILES string of the molecule is Cc1cc(-c2ccccc2)c(-c2ccccc2)n1NC(=O)OCC[Si](C)(C)C. The molecule has 0 saturated heterocycles. The van der Waals surface area contributed by atoms with Crippen LogP contribution < -0.4 is 5.43 Å². The molecule has 0 saturated carbocycles. The van der Waals surface area contributed by atoms with Gasteiger partial charge in [-0.3, -0.25) is 4.68 Å². The maximum absolute atomic E-state index is 12.4. The number of hydrogen-bond donors (Lipinski definition) is 1. The summed E-state index contributed by atoms with van der Waals surface area (Å²) in [4.78, 5) is 12.4. The van der Waals surface area contributed by atoms with Crippen LogP contribution >= 0.6 is 0 Å². The van der Waals surface area contributed by atoms with Gasteiger partial charge < -0.3 is 4.74 Å². The van der Waals surface area contributed by atoms with Gasteiger partial charge in [-0.1, -0.05) is 80.3 Å². The number of aromatic nitrogens is 1. The molecule has 28 heavy (non-hydrogen) atoms. The second-order valence-electron chi connectivity index (χ2n) is 8.17. The molecule has 0 aliphatic rings. The Morgan fingerprint density at radius 2 is 1.54 bits per heavy atom. The van der Waals surface area contributed by atoms with E-state index >= 15 is 0 Å². The molecule has 1 N–H and O–H groups in total. The van der Waals surface area contributed by atoms with Crippen molar-refractivity contribution in [3.63, 3.8) is 0 Å². The number of nitrogens with one attached hydrogen (secondary N) is 1. The molecular weight excluding hydrogens is 364 g/mol. The number of nitrogens with zero attached hydrogens (tertiary/aromatic N) is 1. The lowest BCUT2D eigenvalue weighted by molar-refractivity contribution is 0.164. The van der Waals surface area contributed by atoms with E-state index in [1.165, 1.54) is 0 Å². The minimum Gasteiger partial charge on any atom is -0.449 e. The van der Waals surface area contributed by atoms with E-state index in [0.717, 1.165) is 34.1 Å². The van der Waals surface area contributed by atoms with Gasteiger partial charge in [-0.2, -0.15) is 0 Å². The van der Waals surface area contributed by atoms with Crippen molar-refractivity contribution in [2.24, 2.45) is 0 Å². The number of hydrogen-bond acceptors (Lipinski definition) is 2. The van der Waals surface area contributed by atoms with E-state index in [-0.39, 0.29) is 0 Å². The molecule has 0 bridgehead atoms. The largest absolute Gasteiger partial charge is 0.449 e. The molecule has 0 aliphatic carbocycles. The summed E-state index contributed by atoms with van der Waals surface area (Å²) in [7, 11) is -1.24. The number of ether oxygens (including phenoxy) is 1. The highest BCUT2D eigenvalue weighted by atomic mass is 28.3. The topological polar surface area (TPSA) is 43.3 Å². The van der Waals surface area contributed by atoms with Crippen LogP contribution in [0.1, 0.15) is 5.69 Å². The quantitative estimate of drug-likeness (QED) is 0.511. The van der Waals surface area contributed by atoms with Gasteiger partial charge in [-0.15, -0.1) is 0 Å². The van der Waals surface area contributed by atoms with Crippen molar-refractivity contribution in [1.82, 2.24) is 4.68 Å². The molecule has 2 aromatic carbocycles. The minimum absolute atomic E-state index is 0.422. The fraction of sp³-hybridized carbons (Fsp3) is 0.261. The van der Waals surface area contributed by atoms with Crippen LogP contribution in [0.25, 0.3) is 22.4 Å². The Bertz CT molecular complexity index is 928. The fourth-order valence-corrected chi connectivity index (χ4v) is 3.79. The van der Waals surface area contributed by atoms with E-state index < -0.39 is 14.2 Å². The van der Waals surface area contributed by atoms with Gasteiger partial charge in [0.25, 0.3) is 0 Å². The number of rotatable bonds is 6. The average Bonchev–Trinajstić information content (AvgIpc) is 2.98. The lowest BCUT2D eigenvalue weighted by Gasteiger charge is -2.17. The average molecular weight is 393 g/mol. The molecule has 0 unspecified atom stereocenters. The van der Waals surface area contributed by atoms with Crippen LogP contribution in [-0.2, 0) is 4.74 Å². The number of carbonyl (C=O) groups is 1. The van der Waals surface area contributed by atoms with E-state index in [9.17, 15) is 4.79 Å². The van der Waals surface area contributed by atoms with Crippen LogP contribution in [0.2, 0.25) is 25.7 Å². The van der Waals surface area contributed by atoms with Gasteiger partial charge in [-0.25, -0.2) is 10.2 Å². The maximum atomic E-state index is 12.4. The highest BCUT2D eigenvalue weighted by Gasteiger charge is 2.19. The zero-order valence-corrected chi connectivity index (χ0v) is 18.0. The Morgan fingerprint density at radius 1 is 0.964 bits per heavy atom. The van der Waals surface area contributed by atoms with Crippen LogP contribution in [0.3, 0.4) is 0 Å². The van der Waals surface area contributed by atoms with Gasteiger partial charge in [0.15, 0.2) is 0 Å². The normalized spacial score (nSPS) is 11.3. The molecule has 1 amide bonds. The number of aryl methyl sites for hydroxylation is 1. The predicted octanol–water partition coefficient (Wildman–Crippen LogP) is 6.15. The minimum atomic E-state index is -1.24. The Kier molecular flexibility index (Phi) is 6.04. The Labute approximate surface area is 168 Å². The second-order valence-corrected chi connectivity index (χ2v) is 13.8. The van der Waals surface area contributed by atoms with Crippen molar-refractivity contribution in [1.29, 1.82) is 0 Å². The first-order valence-corrected chi connectivity index (χ1v) is 13.3. The lowest BCUT2D eigenvalue weighted by Crippen LogP contribution is -2.28. The maximum Gasteiger partial charge on any atom is 0.426 e. The molecule has 0 atom stereocenters. The first kappa shape index (κ1) is 20.0. The summed E-state index contributed by atoms with van der Waals surface area (Å²) in [5, 5.41) is 0. The Hall–Kier alpha value is -2.79. The van der Waals surface area contributed by atoms with Gasteiger partial charge in [-0.05, 0) is 24.6 Å². The van der Waals surface area contributed by atoms with Crippen LogP contribution in [0.4, 0.5) is 4.79 Å². The third-order valence-corrected chi connectivity index (χ3v) is 6.31. The molecule has 0 spiro atoms. The standard InChI is InChI=1S/C23H28N2O2Si/c1-18-17-21(19-11-7-5-8-12-19)22(20-13-9-6-10-14-20)25(18)24-23(26)27-15-16-28(2,3)4/h5-14,17H,15-16H2,1-4H3,(H,24,26). The second kappa shape index (κ2) is 8.48. The Morgan fingerprint density at radius 3 is 2.11 bits per heavy atom. The van der Waals surface area contributed by atoms with E-state index in [1.54, 1.807) is 0 Å². The molecule has 0 aliphatic heterocycles. The molecule has 3 aromatic rings. The van der Waals surface area contributed by atoms with E-state index in [0.29, 0.717) is 6.61 Å². The van der Waals surface area contributed by atoms with Crippen molar-refractivity contribution in [2.75, 3.05) is 12.0 Å². The third-order valence-electron chi connectivity index (χ3n) is 4.60. The van der Waals surface area contributed by atoms with Crippen LogP contribution in [0.15, 0.2) is 66.7 Å². The van der Waals surface area contributed by atoms with Gasteiger partial charge in [0.1, 0.15) is 0 Å². The first-order valence-electron chi connectivity index (χ1n) is 9.62. The zero-order valence-electron chi connectivity index (χ0n) is 17.0. The van der Waals surface area contributed by atoms with Gasteiger partial charge in [0, 0.05) is 24.9 Å². The monoisotopic (exact) mass is 392 g/mol. The summed E-state index contributed by atoms with van der Waals surface area (Å²) < 4.78 is 7.27. The van der Waals surface area contributed by atoms with Crippen LogP contribution in [0, 0.1) is 6.92 Å². The summed E-state index contributed by atoms with van der Waals surface area (Å²) in [6, 6.07) is 23.4. The van der Waals surface area contributed by atoms with E-state index in [4.69, 9.17) is 4.74 Å². The van der Waals surface area contributed by atoms with E-state index in [1.807, 2.05) is 48.0 Å². The number of benzene rings is 2. The van der Waals surface area contributed by atoms with Crippen LogP contribution in [-0.4, -0.2) is 25.5 Å². The zero-order chi connectivity index (χ0) is 20.1. The lowest BCUT2D eigenvalue weighted by atomic mass is 10.0. The highest BCUT2D eigenvalue weighted by molar-refractivity contribution is 6.76. The molecule has 0 fully saturated rings. The summed E-state index contributed by atoms with van der Waals surface area (Å²) in [6.45, 7) is 9.24. The fourth-order valence-electron chi connectivity index (χ4n) is 3.07. The molecule has 4 nitrogen and oxygen atoms in total. The van der Waals surface area contributed by atoms with Crippen molar-refractivity contribution < 1.29 is 9.53 Å². The number of amides is 1.